The number of rotatable bonds is 4. The smallest absolute Gasteiger partial charge is 0.305 e. The van der Waals surface area contributed by atoms with Crippen LogP contribution in [-0.4, -0.2) is 29.7 Å². The number of aliphatic hydroxyl groups is 1. The summed E-state index contributed by atoms with van der Waals surface area (Å²) in [5, 5.41) is 10.4. The van der Waals surface area contributed by atoms with E-state index in [1.165, 1.54) is 7.11 Å². The predicted octanol–water partition coefficient (Wildman–Crippen LogP) is 4.68. The van der Waals surface area contributed by atoms with Crippen LogP contribution in [0.25, 0.3) is 0 Å². The van der Waals surface area contributed by atoms with Crippen LogP contribution in [0.3, 0.4) is 0 Å². The van der Waals surface area contributed by atoms with Gasteiger partial charge in [0.2, 0.25) is 0 Å². The number of Topliss-reactive ketones (excluding diaryl/α,β-unsaturated/α-hetero) is 1. The number of hydrogen-bond acceptors (Lipinski definition) is 5. The molecule has 1 aromatic rings. The average molecular weight is 408 g/mol. The maximum atomic E-state index is 12.6. The fraction of sp³-hybridized carbons (Fsp3) is 0.421. The van der Waals surface area contributed by atoms with Gasteiger partial charge in [-0.3, -0.25) is 14.6 Å². The highest BCUT2D eigenvalue weighted by molar-refractivity contribution is 9.10. The van der Waals surface area contributed by atoms with E-state index < -0.39 is 5.97 Å². The predicted molar refractivity (Wildman–Crippen MR) is 100 cm³/mol. The van der Waals surface area contributed by atoms with Crippen molar-refractivity contribution in [1.29, 1.82) is 0 Å². The first kappa shape index (κ1) is 19.4. The fourth-order valence-electron chi connectivity index (χ4n) is 2.83. The van der Waals surface area contributed by atoms with Crippen LogP contribution < -0.4 is 0 Å². The number of carbonyl (C=O) groups is 2. The number of halogens is 1. The van der Waals surface area contributed by atoms with Gasteiger partial charge in [-0.15, -0.1) is 0 Å². The number of carbonyl (C=O) groups excluding carboxylic acids is 2. The van der Waals surface area contributed by atoms with Gasteiger partial charge in [0.1, 0.15) is 5.76 Å². The summed E-state index contributed by atoms with van der Waals surface area (Å²) in [5.41, 5.74) is 1.29. The van der Waals surface area contributed by atoms with Gasteiger partial charge in [-0.2, -0.15) is 0 Å². The van der Waals surface area contributed by atoms with E-state index in [9.17, 15) is 14.7 Å². The Morgan fingerprint density at radius 2 is 1.88 bits per heavy atom. The second-order valence-corrected chi connectivity index (χ2v) is 7.79. The number of methoxy groups -OCH3 is 1. The number of ketones is 1. The number of allylic oxidation sites excluding steroid dienone is 2. The van der Waals surface area contributed by atoms with Crippen molar-refractivity contribution in [2.24, 2.45) is 10.4 Å². The van der Waals surface area contributed by atoms with Gasteiger partial charge in [0.25, 0.3) is 0 Å². The number of aliphatic imine (C=N–C) groups is 1. The minimum absolute atomic E-state index is 0.0219. The van der Waals surface area contributed by atoms with Crippen LogP contribution in [0.15, 0.2) is 45.1 Å². The van der Waals surface area contributed by atoms with Crippen LogP contribution in [-0.2, 0) is 14.3 Å². The van der Waals surface area contributed by atoms with E-state index in [0.29, 0.717) is 24.2 Å². The first-order valence-electron chi connectivity index (χ1n) is 8.07. The molecule has 0 saturated heterocycles. The van der Waals surface area contributed by atoms with E-state index in [2.05, 4.69) is 25.7 Å². The minimum Gasteiger partial charge on any atom is -0.511 e. The molecule has 0 amide bonds. The van der Waals surface area contributed by atoms with Gasteiger partial charge >= 0.3 is 5.97 Å². The molecule has 0 spiro atoms. The lowest BCUT2D eigenvalue weighted by molar-refractivity contribution is -0.140. The van der Waals surface area contributed by atoms with Crippen LogP contribution in [0.5, 0.6) is 0 Å². The van der Waals surface area contributed by atoms with E-state index in [1.54, 1.807) is 0 Å². The Morgan fingerprint density at radius 3 is 2.48 bits per heavy atom. The lowest BCUT2D eigenvalue weighted by Gasteiger charge is -2.31. The average Bonchev–Trinajstić information content (AvgIpc) is 2.53. The molecule has 1 saturated carbocycles. The van der Waals surface area contributed by atoms with Crippen molar-refractivity contribution in [3.8, 4) is 0 Å². The molecular formula is C19H22BrNO4. The van der Waals surface area contributed by atoms with Crippen LogP contribution in [0, 0.1) is 5.41 Å². The van der Waals surface area contributed by atoms with E-state index in [1.807, 2.05) is 38.1 Å². The topological polar surface area (TPSA) is 76.0 Å². The number of aliphatic hydroxyl groups excluding tert-OH is 1. The second kappa shape index (κ2) is 7.95. The van der Waals surface area contributed by atoms with E-state index in [-0.39, 0.29) is 35.4 Å². The monoisotopic (exact) mass is 407 g/mol. The zero-order valence-electron chi connectivity index (χ0n) is 14.6. The van der Waals surface area contributed by atoms with Crippen LogP contribution >= 0.6 is 15.9 Å². The molecule has 0 aromatic heterocycles. The summed E-state index contributed by atoms with van der Waals surface area (Å²) in [5.74, 6) is -0.668. The largest absolute Gasteiger partial charge is 0.511 e. The number of esters is 1. The molecule has 1 aromatic carbocycles. The number of ether oxygens (including phenoxy) is 1. The first-order chi connectivity index (χ1) is 11.7. The van der Waals surface area contributed by atoms with Gasteiger partial charge in [0.05, 0.1) is 30.5 Å². The summed E-state index contributed by atoms with van der Waals surface area (Å²) in [7, 11) is 1.29. The highest BCUT2D eigenvalue weighted by Gasteiger charge is 2.36. The van der Waals surface area contributed by atoms with Crippen molar-refractivity contribution in [3.63, 3.8) is 0 Å². The van der Waals surface area contributed by atoms with Gasteiger partial charge in [-0.1, -0.05) is 29.8 Å². The number of benzene rings is 1. The molecule has 0 radical (unpaired) electrons. The molecule has 1 N–H and O–H groups in total. The molecule has 0 aliphatic heterocycles. The summed E-state index contributed by atoms with van der Waals surface area (Å²) in [6, 6.07) is 7.42. The van der Waals surface area contributed by atoms with Crippen molar-refractivity contribution < 1.29 is 19.4 Å². The van der Waals surface area contributed by atoms with Crippen molar-refractivity contribution >= 4 is 39.1 Å². The lowest BCUT2D eigenvalue weighted by atomic mass is 9.73. The van der Waals surface area contributed by atoms with Crippen molar-refractivity contribution in [2.75, 3.05) is 7.11 Å². The number of hydrogen-bond donors (Lipinski definition) is 1. The van der Waals surface area contributed by atoms with E-state index >= 15 is 0 Å². The molecule has 0 atom stereocenters. The third-order valence-electron chi connectivity index (χ3n) is 4.03. The second-order valence-electron chi connectivity index (χ2n) is 6.87. The van der Waals surface area contributed by atoms with Crippen molar-refractivity contribution in [2.45, 2.75) is 39.5 Å². The molecule has 0 unspecified atom stereocenters. The molecule has 1 fully saturated rings. The van der Waals surface area contributed by atoms with Gasteiger partial charge in [-0.05, 0) is 36.1 Å². The van der Waals surface area contributed by atoms with E-state index in [0.717, 1.165) is 4.47 Å². The Hall–Kier alpha value is -1.95. The third-order valence-corrected chi connectivity index (χ3v) is 4.55. The molecule has 1 aliphatic carbocycles. The van der Waals surface area contributed by atoms with Gasteiger partial charge < -0.3 is 9.84 Å². The lowest BCUT2D eigenvalue weighted by Crippen LogP contribution is -2.32. The molecule has 1 aliphatic rings. The summed E-state index contributed by atoms with van der Waals surface area (Å²) >= 11 is 3.38. The highest BCUT2D eigenvalue weighted by atomic mass is 79.9. The quantitative estimate of drug-likeness (QED) is 0.446. The van der Waals surface area contributed by atoms with Crippen LogP contribution in [0.2, 0.25) is 0 Å². The molecule has 134 valence electrons. The summed E-state index contributed by atoms with van der Waals surface area (Å²) in [6.45, 7) is 4.01. The number of nitrogens with zero attached hydrogens (tertiary/aromatic N) is 1. The Morgan fingerprint density at radius 1 is 1.24 bits per heavy atom. The SMILES string of the molecule is COC(=O)CC/C(O)=C1/C(=O)CC(C)(C)CC1=Nc1ccc(Br)cc1. The molecule has 0 bridgehead atoms. The van der Waals surface area contributed by atoms with E-state index in [4.69, 9.17) is 0 Å². The zero-order chi connectivity index (χ0) is 18.6. The van der Waals surface area contributed by atoms with Crippen LogP contribution in [0.1, 0.15) is 39.5 Å². The summed E-state index contributed by atoms with van der Waals surface area (Å²) in [6.07, 6.45) is 0.998. The third kappa shape index (κ3) is 5.26. The Labute approximate surface area is 155 Å². The zero-order valence-corrected chi connectivity index (χ0v) is 16.2. The van der Waals surface area contributed by atoms with Gasteiger partial charge in [-0.25, -0.2) is 0 Å². The van der Waals surface area contributed by atoms with Gasteiger partial charge in [0.15, 0.2) is 5.78 Å². The molecule has 5 nitrogen and oxygen atoms in total. The minimum atomic E-state index is -0.429. The molecule has 2 rings (SSSR count). The Kier molecular flexibility index (Phi) is 6.16. The summed E-state index contributed by atoms with van der Waals surface area (Å²) < 4.78 is 5.53. The fourth-order valence-corrected chi connectivity index (χ4v) is 3.09. The normalized spacial score (nSPS) is 20.5. The maximum Gasteiger partial charge on any atom is 0.305 e. The molecular weight excluding hydrogens is 386 g/mol. The first-order valence-corrected chi connectivity index (χ1v) is 8.87. The van der Waals surface area contributed by atoms with Crippen molar-refractivity contribution in [1.82, 2.24) is 0 Å². The Bertz CT molecular complexity index is 732. The molecule has 25 heavy (non-hydrogen) atoms. The molecule has 0 heterocycles. The Balaban J connectivity index is 2.40. The van der Waals surface area contributed by atoms with Gasteiger partial charge in [0, 0.05) is 17.3 Å². The van der Waals surface area contributed by atoms with Crippen LogP contribution in [0.4, 0.5) is 5.69 Å². The molecule has 6 heteroatoms. The van der Waals surface area contributed by atoms with Crippen molar-refractivity contribution in [3.05, 3.63) is 40.1 Å². The highest BCUT2D eigenvalue weighted by Crippen LogP contribution is 2.37. The standard InChI is InChI=1S/C19H22BrNO4/c1-19(2)10-14(21-13-6-4-12(20)5-7-13)18(16(23)11-19)15(22)8-9-17(24)25-3/h4-7,22H,8-11H2,1-3H3/b18-15-,21-14?. The maximum absolute atomic E-state index is 12.6. The summed E-state index contributed by atoms with van der Waals surface area (Å²) in [4.78, 5) is 28.5.